The number of nitrogens with zero attached hydrogens (tertiary/aromatic N) is 2. The van der Waals surface area contributed by atoms with Crippen LogP contribution in [0.4, 0.5) is 0 Å². The van der Waals surface area contributed by atoms with E-state index >= 15 is 0 Å². The number of aromatic nitrogens is 2. The quantitative estimate of drug-likeness (QED) is 0.558. The Morgan fingerprint density at radius 2 is 1.88 bits per heavy atom. The van der Waals surface area contributed by atoms with Crippen LogP contribution in [0, 0.1) is 12.8 Å². The molecular formula is C24H35N3O6. The molecule has 9 heteroatoms. The molecule has 0 amide bonds. The fourth-order valence-corrected chi connectivity index (χ4v) is 3.77. The number of carbonyl (C=O) groups is 2. The second-order valence-electron chi connectivity index (χ2n) is 8.19. The first-order chi connectivity index (χ1) is 16.1. The van der Waals surface area contributed by atoms with Crippen molar-refractivity contribution < 1.29 is 28.7 Å². The minimum Gasteiger partial charge on any atom is -0.489 e. The molecule has 0 atom stereocenters. The summed E-state index contributed by atoms with van der Waals surface area (Å²) in [5.41, 5.74) is 2.74. The van der Waals surface area contributed by atoms with Gasteiger partial charge in [0.25, 0.3) is 12.9 Å². The van der Waals surface area contributed by atoms with Gasteiger partial charge in [0.15, 0.2) is 5.76 Å². The van der Waals surface area contributed by atoms with Gasteiger partial charge in [-0.2, -0.15) is 0 Å². The van der Waals surface area contributed by atoms with Crippen LogP contribution in [0.25, 0.3) is 11.5 Å². The van der Waals surface area contributed by atoms with Gasteiger partial charge in [-0.25, -0.2) is 4.98 Å². The third-order valence-electron chi connectivity index (χ3n) is 5.79. The van der Waals surface area contributed by atoms with Gasteiger partial charge in [0.2, 0.25) is 0 Å². The predicted octanol–water partition coefficient (Wildman–Crippen LogP) is 4.14. The molecule has 0 aliphatic heterocycles. The van der Waals surface area contributed by atoms with Crippen LogP contribution in [0.1, 0.15) is 62.6 Å². The fourth-order valence-electron chi connectivity index (χ4n) is 3.77. The lowest BCUT2D eigenvalue weighted by atomic mass is 9.86. The van der Waals surface area contributed by atoms with E-state index in [9.17, 15) is 4.79 Å². The lowest BCUT2D eigenvalue weighted by molar-refractivity contribution is -0.130. The molecule has 0 aromatic carbocycles. The van der Waals surface area contributed by atoms with Crippen LogP contribution in [-0.4, -0.2) is 48.0 Å². The Morgan fingerprint density at radius 3 is 2.42 bits per heavy atom. The maximum Gasteiger partial charge on any atom is 0.293 e. The topological polar surface area (TPSA) is 124 Å². The normalized spacial score (nSPS) is 15.7. The number of nitrogens with one attached hydrogen (secondary N) is 1. The Hall–Kier alpha value is -2.94. The molecule has 0 unspecified atom stereocenters. The number of carboxylic acid groups (broad SMARTS) is 1. The van der Waals surface area contributed by atoms with Crippen molar-refractivity contribution >= 4 is 12.9 Å². The predicted molar refractivity (Wildman–Crippen MR) is 123 cm³/mol. The molecule has 182 valence electrons. The van der Waals surface area contributed by atoms with Crippen LogP contribution in [0.3, 0.4) is 0 Å². The van der Waals surface area contributed by atoms with Crippen molar-refractivity contribution in [2.75, 3.05) is 13.7 Å². The van der Waals surface area contributed by atoms with Gasteiger partial charge in [0.1, 0.15) is 11.4 Å². The summed E-state index contributed by atoms with van der Waals surface area (Å²) in [4.78, 5) is 22.5. The molecule has 33 heavy (non-hydrogen) atoms. The van der Waals surface area contributed by atoms with E-state index in [4.69, 9.17) is 19.2 Å². The van der Waals surface area contributed by atoms with Crippen molar-refractivity contribution in [3.8, 4) is 17.2 Å². The zero-order chi connectivity index (χ0) is 23.9. The number of aryl methyl sites for hydroxylation is 1. The van der Waals surface area contributed by atoms with E-state index in [1.54, 1.807) is 6.20 Å². The average molecular weight is 462 g/mol. The summed E-state index contributed by atoms with van der Waals surface area (Å²) in [6.45, 7) is 3.58. The van der Waals surface area contributed by atoms with Crippen molar-refractivity contribution in [1.29, 1.82) is 0 Å². The number of hydrogen-bond donors (Lipinski definition) is 2. The summed E-state index contributed by atoms with van der Waals surface area (Å²) in [5.74, 6) is 2.25. The molecule has 0 saturated heterocycles. The Kier molecular flexibility index (Phi) is 12.0. The lowest BCUT2D eigenvalue weighted by Crippen LogP contribution is -2.19. The Morgan fingerprint density at radius 1 is 1.15 bits per heavy atom. The van der Waals surface area contributed by atoms with E-state index < -0.39 is 0 Å². The fraction of sp³-hybridized carbons (Fsp3) is 0.583. The molecule has 4 rings (SSSR count). The van der Waals surface area contributed by atoms with Crippen LogP contribution in [0.5, 0.6) is 5.75 Å². The summed E-state index contributed by atoms with van der Waals surface area (Å²) < 4.78 is 16.0. The molecule has 2 aromatic heterocycles. The highest BCUT2D eigenvalue weighted by Gasteiger charge is 2.18. The van der Waals surface area contributed by atoms with Gasteiger partial charge in [-0.15, -0.1) is 0 Å². The second kappa shape index (κ2) is 15.0. The van der Waals surface area contributed by atoms with E-state index in [1.165, 1.54) is 38.5 Å². The van der Waals surface area contributed by atoms with Crippen molar-refractivity contribution in [1.82, 2.24) is 15.5 Å². The van der Waals surface area contributed by atoms with E-state index in [1.807, 2.05) is 26.1 Å². The van der Waals surface area contributed by atoms with Crippen LogP contribution < -0.4 is 10.1 Å². The van der Waals surface area contributed by atoms with Gasteiger partial charge < -0.3 is 24.4 Å². The number of pyridine rings is 1. The summed E-state index contributed by atoms with van der Waals surface area (Å²) in [5, 5.41) is 14.1. The molecule has 2 heterocycles. The molecule has 2 aromatic rings. The molecule has 2 saturated carbocycles. The Bertz CT molecular complexity index is 814. The third kappa shape index (κ3) is 8.84. The Labute approximate surface area is 194 Å². The van der Waals surface area contributed by atoms with Crippen LogP contribution in [-0.2, 0) is 20.9 Å². The summed E-state index contributed by atoms with van der Waals surface area (Å²) in [6.07, 6.45) is 12.1. The number of ether oxygens (including phenoxy) is 2. The standard InChI is InChI=1S/C17H23N3O2.C6H10O2.CH2O2/c1-12-15(11-18-2)17(22-20-12)16-9-8-14(10-19-16)21-13-6-4-3-5-7-13;7-5-8-4-6-2-1-3-6;2-1-3/h8-10,13,18H,3-7,11H2,1-2H3;5-6H,1-4H2;1H,(H,2,3). The molecule has 0 spiro atoms. The highest BCUT2D eigenvalue weighted by Crippen LogP contribution is 2.28. The summed E-state index contributed by atoms with van der Waals surface area (Å²) >= 11 is 0. The van der Waals surface area contributed by atoms with E-state index in [0.29, 0.717) is 31.6 Å². The molecule has 0 bridgehead atoms. The zero-order valence-electron chi connectivity index (χ0n) is 19.5. The summed E-state index contributed by atoms with van der Waals surface area (Å²) in [6, 6.07) is 3.91. The molecule has 2 N–H and O–H groups in total. The van der Waals surface area contributed by atoms with Gasteiger partial charge in [-0.1, -0.05) is 18.0 Å². The minimum absolute atomic E-state index is 0.250. The number of carbonyl (C=O) groups excluding carboxylic acids is 1. The lowest BCUT2D eigenvalue weighted by Gasteiger charge is -2.23. The molecule has 2 aliphatic carbocycles. The molecule has 2 fully saturated rings. The number of hydrogen-bond acceptors (Lipinski definition) is 8. The smallest absolute Gasteiger partial charge is 0.293 e. The van der Waals surface area contributed by atoms with Crippen LogP contribution in [0.15, 0.2) is 22.9 Å². The largest absolute Gasteiger partial charge is 0.489 e. The second-order valence-corrected chi connectivity index (χ2v) is 8.19. The van der Waals surface area contributed by atoms with Gasteiger partial charge >= 0.3 is 0 Å². The molecule has 9 nitrogen and oxygen atoms in total. The first-order valence-corrected chi connectivity index (χ1v) is 11.5. The minimum atomic E-state index is -0.250. The van der Waals surface area contributed by atoms with Crippen LogP contribution in [0.2, 0.25) is 0 Å². The van der Waals surface area contributed by atoms with Crippen LogP contribution >= 0.6 is 0 Å². The van der Waals surface area contributed by atoms with E-state index in [2.05, 4.69) is 20.2 Å². The molecule has 0 radical (unpaired) electrons. The van der Waals surface area contributed by atoms with E-state index in [0.717, 1.165) is 41.3 Å². The maximum absolute atomic E-state index is 9.63. The van der Waals surface area contributed by atoms with Crippen molar-refractivity contribution in [2.24, 2.45) is 5.92 Å². The first kappa shape index (κ1) is 26.3. The monoisotopic (exact) mass is 461 g/mol. The van der Waals surface area contributed by atoms with Gasteiger partial charge in [0.05, 0.1) is 24.6 Å². The molecular weight excluding hydrogens is 426 g/mol. The zero-order valence-corrected chi connectivity index (χ0v) is 19.5. The van der Waals surface area contributed by atoms with Gasteiger partial charge in [-0.05, 0) is 70.5 Å². The van der Waals surface area contributed by atoms with Gasteiger partial charge in [0, 0.05) is 12.1 Å². The van der Waals surface area contributed by atoms with Crippen molar-refractivity contribution in [3.05, 3.63) is 29.6 Å². The van der Waals surface area contributed by atoms with Crippen molar-refractivity contribution in [2.45, 2.75) is 70.9 Å². The summed E-state index contributed by atoms with van der Waals surface area (Å²) in [7, 11) is 1.91. The average Bonchev–Trinajstić information content (AvgIpc) is 3.16. The van der Waals surface area contributed by atoms with Gasteiger partial charge in [-0.3, -0.25) is 9.59 Å². The highest BCUT2D eigenvalue weighted by atomic mass is 16.5. The number of rotatable bonds is 8. The van der Waals surface area contributed by atoms with E-state index in [-0.39, 0.29) is 6.47 Å². The molecule has 2 aliphatic rings. The Balaban J connectivity index is 0.000000291. The highest BCUT2D eigenvalue weighted by molar-refractivity contribution is 5.58. The third-order valence-corrected chi connectivity index (χ3v) is 5.79. The maximum atomic E-state index is 9.63. The van der Waals surface area contributed by atoms with Crippen molar-refractivity contribution in [3.63, 3.8) is 0 Å². The SMILES string of the molecule is CNCc1c(C)noc1-c1ccc(OC2CCCCC2)cn1.O=CO.O=COCC1CCC1. The first-order valence-electron chi connectivity index (χ1n) is 11.5.